The number of benzene rings is 1. The van der Waals surface area contributed by atoms with Gasteiger partial charge in [0.1, 0.15) is 4.83 Å². The van der Waals surface area contributed by atoms with Gasteiger partial charge in [-0.2, -0.15) is 5.26 Å². The molecule has 1 unspecified atom stereocenters. The molecular weight excluding hydrogens is 366 g/mol. The topological polar surface area (TPSA) is 75.2 Å². The Morgan fingerprint density at radius 3 is 2.58 bits per heavy atom. The van der Waals surface area contributed by atoms with Crippen LogP contribution in [0.3, 0.4) is 0 Å². The Balaban J connectivity index is 1.71. The van der Waals surface area contributed by atoms with E-state index in [4.69, 9.17) is 0 Å². The van der Waals surface area contributed by atoms with Crippen LogP contribution in [0.2, 0.25) is 0 Å². The molecule has 1 aromatic carbocycles. The van der Waals surface area contributed by atoms with Crippen molar-refractivity contribution in [3.8, 4) is 6.07 Å². The molecule has 0 aliphatic heterocycles. The Bertz CT molecular complexity index is 1200. The van der Waals surface area contributed by atoms with Crippen LogP contribution in [0.5, 0.6) is 0 Å². The number of rotatable bonds is 4. The Kier molecular flexibility index (Phi) is 3.94. The molecule has 0 saturated heterocycles. The molecule has 1 atom stereocenters. The van der Waals surface area contributed by atoms with E-state index in [1.807, 2.05) is 42.0 Å². The molecule has 0 fully saturated rings. The number of thiazole rings is 1. The first kappa shape index (κ1) is 16.6. The summed E-state index contributed by atoms with van der Waals surface area (Å²) in [5, 5.41) is 11.4. The third-order valence-electron chi connectivity index (χ3n) is 4.14. The van der Waals surface area contributed by atoms with Gasteiger partial charge in [0.2, 0.25) is 0 Å². The van der Waals surface area contributed by atoms with Crippen molar-refractivity contribution in [1.29, 1.82) is 5.26 Å². The molecule has 26 heavy (non-hydrogen) atoms. The highest BCUT2D eigenvalue weighted by Crippen LogP contribution is 2.30. The fourth-order valence-corrected chi connectivity index (χ4v) is 4.80. The summed E-state index contributed by atoms with van der Waals surface area (Å²) in [6.07, 6.45) is 1.89. The first-order valence-electron chi connectivity index (χ1n) is 7.89. The molecule has 0 spiro atoms. The lowest BCUT2D eigenvalue weighted by atomic mass is 9.92. The average Bonchev–Trinajstić information content (AvgIpc) is 3.26. The van der Waals surface area contributed by atoms with Gasteiger partial charge < -0.3 is 0 Å². The molecule has 0 saturated carbocycles. The van der Waals surface area contributed by atoms with E-state index in [9.17, 15) is 14.9 Å². The number of nitrogens with zero attached hydrogens (tertiary/aromatic N) is 3. The van der Waals surface area contributed by atoms with E-state index in [1.54, 1.807) is 18.2 Å². The second-order valence-corrected chi connectivity index (χ2v) is 8.04. The summed E-state index contributed by atoms with van der Waals surface area (Å²) < 4.78 is 1.90. The molecule has 0 bridgehead atoms. The van der Waals surface area contributed by atoms with Crippen LogP contribution < -0.4 is 0 Å². The first-order chi connectivity index (χ1) is 12.5. The number of thiophene rings is 1. The van der Waals surface area contributed by atoms with Gasteiger partial charge in [-0.1, -0.05) is 17.2 Å². The van der Waals surface area contributed by atoms with Crippen LogP contribution in [-0.4, -0.2) is 21.0 Å². The summed E-state index contributed by atoms with van der Waals surface area (Å²) >= 11 is 2.73. The number of nitriles is 1. The highest BCUT2D eigenvalue weighted by atomic mass is 32.1. The molecular formula is C19H13N3O2S2. The fourth-order valence-electron chi connectivity index (χ4n) is 3.03. The van der Waals surface area contributed by atoms with Crippen LogP contribution in [0.4, 0.5) is 0 Å². The minimum Gasteiger partial charge on any atom is -0.292 e. The van der Waals surface area contributed by atoms with Crippen LogP contribution in [0, 0.1) is 31.1 Å². The molecule has 4 rings (SSSR count). The number of hydrogen-bond acceptors (Lipinski definition) is 6. The van der Waals surface area contributed by atoms with Crippen molar-refractivity contribution in [2.24, 2.45) is 5.92 Å². The van der Waals surface area contributed by atoms with Gasteiger partial charge in [0.05, 0.1) is 16.5 Å². The van der Waals surface area contributed by atoms with Crippen molar-refractivity contribution < 1.29 is 9.59 Å². The quantitative estimate of drug-likeness (QED) is 0.388. The summed E-state index contributed by atoms with van der Waals surface area (Å²) in [6.45, 7) is 3.77. The molecule has 0 N–H and O–H groups in total. The SMILES string of the molecule is Cc1cc(C)cc(C(=O)C(C#N)C(=O)c2cc3c(nc4sccn43)s2)c1. The number of carbonyl (C=O) groups is 2. The first-order valence-corrected chi connectivity index (χ1v) is 9.59. The number of Topliss-reactive ketones (excluding diaryl/α,β-unsaturated/α-hetero) is 2. The van der Waals surface area contributed by atoms with Gasteiger partial charge in [-0.05, 0) is 32.0 Å². The van der Waals surface area contributed by atoms with E-state index in [1.165, 1.54) is 22.7 Å². The van der Waals surface area contributed by atoms with Crippen molar-refractivity contribution in [1.82, 2.24) is 9.38 Å². The maximum atomic E-state index is 12.8. The van der Waals surface area contributed by atoms with Gasteiger partial charge in [0.15, 0.2) is 22.4 Å². The Morgan fingerprint density at radius 2 is 1.88 bits per heavy atom. The van der Waals surface area contributed by atoms with E-state index in [0.717, 1.165) is 26.4 Å². The number of aryl methyl sites for hydroxylation is 2. The summed E-state index contributed by atoms with van der Waals surface area (Å²) in [6, 6.07) is 8.98. The van der Waals surface area contributed by atoms with Crippen molar-refractivity contribution in [3.05, 3.63) is 57.4 Å². The Labute approximate surface area is 157 Å². The van der Waals surface area contributed by atoms with Crippen LogP contribution in [0.25, 0.3) is 15.3 Å². The zero-order chi connectivity index (χ0) is 18.4. The molecule has 0 aliphatic carbocycles. The number of imidazole rings is 1. The molecule has 0 aliphatic rings. The van der Waals surface area contributed by atoms with Crippen LogP contribution in [0.1, 0.15) is 31.2 Å². The maximum Gasteiger partial charge on any atom is 0.197 e. The highest BCUT2D eigenvalue weighted by Gasteiger charge is 2.30. The van der Waals surface area contributed by atoms with Crippen molar-refractivity contribution >= 4 is 49.5 Å². The summed E-state index contributed by atoms with van der Waals surface area (Å²) in [4.78, 5) is 32.0. The van der Waals surface area contributed by atoms with Gasteiger partial charge in [-0.15, -0.1) is 22.7 Å². The van der Waals surface area contributed by atoms with Crippen molar-refractivity contribution in [2.75, 3.05) is 0 Å². The lowest BCUT2D eigenvalue weighted by Gasteiger charge is -2.08. The number of carbonyl (C=O) groups excluding carboxylic acids is 2. The van der Waals surface area contributed by atoms with Crippen molar-refractivity contribution in [2.45, 2.75) is 13.8 Å². The van der Waals surface area contributed by atoms with Crippen LogP contribution in [-0.2, 0) is 0 Å². The fraction of sp³-hybridized carbons (Fsp3) is 0.158. The standard InChI is InChI=1S/C19H13N3O2S2/c1-10-5-11(2)7-12(6-10)16(23)13(9-20)17(24)15-8-14-18(26-15)21-19-22(14)3-4-25-19/h3-8,13H,1-2H3. The largest absolute Gasteiger partial charge is 0.292 e. The lowest BCUT2D eigenvalue weighted by molar-refractivity contribution is 0.0848. The van der Waals surface area contributed by atoms with E-state index in [0.29, 0.717) is 10.4 Å². The highest BCUT2D eigenvalue weighted by molar-refractivity contribution is 7.21. The van der Waals surface area contributed by atoms with E-state index < -0.39 is 17.5 Å². The van der Waals surface area contributed by atoms with Gasteiger partial charge in [-0.25, -0.2) is 4.98 Å². The third-order valence-corrected chi connectivity index (χ3v) is 5.93. The van der Waals surface area contributed by atoms with Crippen molar-refractivity contribution in [3.63, 3.8) is 0 Å². The Hall–Kier alpha value is -2.82. The van der Waals surface area contributed by atoms with Crippen LogP contribution in [0.15, 0.2) is 35.8 Å². The molecule has 3 heterocycles. The maximum absolute atomic E-state index is 12.8. The number of aromatic nitrogens is 2. The molecule has 3 aromatic heterocycles. The number of ketones is 2. The monoisotopic (exact) mass is 379 g/mol. The van der Waals surface area contributed by atoms with Gasteiger partial charge >= 0.3 is 0 Å². The second kappa shape index (κ2) is 6.16. The predicted molar refractivity (Wildman–Crippen MR) is 102 cm³/mol. The Morgan fingerprint density at radius 1 is 1.15 bits per heavy atom. The molecule has 5 nitrogen and oxygen atoms in total. The minimum atomic E-state index is -1.35. The van der Waals surface area contributed by atoms with Crippen LogP contribution >= 0.6 is 22.7 Å². The lowest BCUT2D eigenvalue weighted by Crippen LogP contribution is -2.22. The van der Waals surface area contributed by atoms with Gasteiger partial charge in [0.25, 0.3) is 0 Å². The summed E-state index contributed by atoms with van der Waals surface area (Å²) in [5.74, 6) is -2.27. The van der Waals surface area contributed by atoms with Gasteiger partial charge in [-0.3, -0.25) is 14.0 Å². The van der Waals surface area contributed by atoms with Gasteiger partial charge in [0, 0.05) is 17.1 Å². The predicted octanol–water partition coefficient (Wildman–Crippen LogP) is 4.43. The third kappa shape index (κ3) is 2.64. The minimum absolute atomic E-state index is 0.382. The zero-order valence-corrected chi connectivity index (χ0v) is 15.6. The normalized spacial score (nSPS) is 12.3. The number of hydrogen-bond donors (Lipinski definition) is 0. The molecule has 7 heteroatoms. The molecule has 0 amide bonds. The summed E-state index contributed by atoms with van der Waals surface area (Å²) in [5.41, 5.74) is 3.07. The summed E-state index contributed by atoms with van der Waals surface area (Å²) in [7, 11) is 0. The molecule has 0 radical (unpaired) electrons. The molecule has 128 valence electrons. The van der Waals surface area contributed by atoms with E-state index in [-0.39, 0.29) is 0 Å². The smallest absolute Gasteiger partial charge is 0.197 e. The molecule has 4 aromatic rings. The average molecular weight is 379 g/mol. The van der Waals surface area contributed by atoms with E-state index in [2.05, 4.69) is 4.98 Å². The second-order valence-electron chi connectivity index (χ2n) is 6.14. The van der Waals surface area contributed by atoms with E-state index >= 15 is 0 Å². The number of fused-ring (bicyclic) bond motifs is 3. The zero-order valence-electron chi connectivity index (χ0n) is 14.0.